The predicted molar refractivity (Wildman–Crippen MR) is 77.6 cm³/mol. The number of anilines is 1. The number of nitrogens with one attached hydrogen (secondary N) is 1. The average Bonchev–Trinajstić information content (AvgIpc) is 2.46. The van der Waals surface area contributed by atoms with Gasteiger partial charge in [-0.25, -0.2) is 0 Å². The summed E-state index contributed by atoms with van der Waals surface area (Å²) >= 11 is 0. The molecule has 1 aliphatic rings. The summed E-state index contributed by atoms with van der Waals surface area (Å²) in [7, 11) is 0. The van der Waals surface area contributed by atoms with Gasteiger partial charge in [-0.1, -0.05) is 30.3 Å². The summed E-state index contributed by atoms with van der Waals surface area (Å²) < 4.78 is 38.4. The highest BCUT2D eigenvalue weighted by Crippen LogP contribution is 2.40. The third-order valence-corrected chi connectivity index (χ3v) is 4.07. The first kappa shape index (κ1) is 14.0. The summed E-state index contributed by atoms with van der Waals surface area (Å²) in [6.45, 7) is 2.73. The molecule has 0 fully saturated rings. The normalized spacial score (nSPS) is 18.0. The topological polar surface area (TPSA) is 12.0 Å². The highest BCUT2D eigenvalue weighted by molar-refractivity contribution is 5.60. The summed E-state index contributed by atoms with van der Waals surface area (Å²) in [4.78, 5) is 0. The fourth-order valence-corrected chi connectivity index (χ4v) is 3.00. The molecule has 110 valence electrons. The molecule has 0 aromatic heterocycles. The van der Waals surface area contributed by atoms with Gasteiger partial charge >= 0.3 is 6.18 Å². The summed E-state index contributed by atoms with van der Waals surface area (Å²) in [6.07, 6.45) is -3.41. The van der Waals surface area contributed by atoms with Crippen molar-refractivity contribution in [2.75, 3.05) is 11.9 Å². The molecule has 0 bridgehead atoms. The van der Waals surface area contributed by atoms with Crippen LogP contribution in [0.15, 0.2) is 42.5 Å². The zero-order valence-corrected chi connectivity index (χ0v) is 11.7. The number of alkyl halides is 3. The number of halogens is 3. The lowest BCUT2D eigenvalue weighted by Gasteiger charge is -2.29. The van der Waals surface area contributed by atoms with Crippen LogP contribution in [-0.4, -0.2) is 6.54 Å². The molecule has 1 unspecified atom stereocenters. The fourth-order valence-electron chi connectivity index (χ4n) is 3.00. The van der Waals surface area contributed by atoms with Crippen LogP contribution in [0.1, 0.15) is 34.6 Å². The van der Waals surface area contributed by atoms with Crippen molar-refractivity contribution in [2.45, 2.75) is 25.4 Å². The molecule has 1 N–H and O–H groups in total. The van der Waals surface area contributed by atoms with Crippen molar-refractivity contribution < 1.29 is 13.2 Å². The lowest BCUT2D eigenvalue weighted by molar-refractivity contribution is -0.137. The molecule has 0 saturated heterocycles. The summed E-state index contributed by atoms with van der Waals surface area (Å²) in [5.41, 5.74) is 3.32. The van der Waals surface area contributed by atoms with Gasteiger partial charge in [0.1, 0.15) is 0 Å². The molecule has 1 nitrogen and oxygen atoms in total. The second-order valence-electron chi connectivity index (χ2n) is 5.42. The van der Waals surface area contributed by atoms with Crippen LogP contribution in [0.5, 0.6) is 0 Å². The minimum absolute atomic E-state index is 0.157. The maximum atomic E-state index is 12.8. The first-order valence-electron chi connectivity index (χ1n) is 6.97. The molecule has 0 amide bonds. The monoisotopic (exact) mass is 291 g/mol. The van der Waals surface area contributed by atoms with Gasteiger partial charge in [0.15, 0.2) is 0 Å². The van der Waals surface area contributed by atoms with E-state index in [2.05, 4.69) is 11.4 Å². The first-order valence-corrected chi connectivity index (χ1v) is 6.97. The van der Waals surface area contributed by atoms with E-state index in [1.807, 2.05) is 25.1 Å². The molecule has 3 rings (SSSR count). The number of aryl methyl sites for hydroxylation is 1. The highest BCUT2D eigenvalue weighted by Gasteiger charge is 2.32. The van der Waals surface area contributed by atoms with Gasteiger partial charge in [-0.2, -0.15) is 13.2 Å². The number of hydrogen-bond acceptors (Lipinski definition) is 1. The Bertz CT molecular complexity index is 661. The van der Waals surface area contributed by atoms with Crippen LogP contribution in [0, 0.1) is 6.92 Å². The van der Waals surface area contributed by atoms with Crippen LogP contribution in [0.4, 0.5) is 18.9 Å². The second kappa shape index (κ2) is 5.10. The van der Waals surface area contributed by atoms with Crippen LogP contribution >= 0.6 is 0 Å². The first-order chi connectivity index (χ1) is 9.97. The lowest BCUT2D eigenvalue weighted by Crippen LogP contribution is -2.19. The van der Waals surface area contributed by atoms with Gasteiger partial charge in [-0.3, -0.25) is 0 Å². The van der Waals surface area contributed by atoms with Gasteiger partial charge in [-0.15, -0.1) is 0 Å². The second-order valence-corrected chi connectivity index (χ2v) is 5.42. The Morgan fingerprint density at radius 2 is 1.81 bits per heavy atom. The van der Waals surface area contributed by atoms with E-state index in [0.717, 1.165) is 12.0 Å². The van der Waals surface area contributed by atoms with E-state index in [-0.39, 0.29) is 5.92 Å². The van der Waals surface area contributed by atoms with Gasteiger partial charge in [0.25, 0.3) is 0 Å². The third-order valence-electron chi connectivity index (χ3n) is 4.07. The Morgan fingerprint density at radius 3 is 2.52 bits per heavy atom. The Balaban J connectivity index is 2.05. The number of fused-ring (bicyclic) bond motifs is 1. The Morgan fingerprint density at radius 1 is 1.05 bits per heavy atom. The van der Waals surface area contributed by atoms with E-state index in [0.29, 0.717) is 12.2 Å². The van der Waals surface area contributed by atoms with Crippen LogP contribution in [0.25, 0.3) is 0 Å². The van der Waals surface area contributed by atoms with Gasteiger partial charge < -0.3 is 5.32 Å². The molecule has 1 atom stereocenters. The van der Waals surface area contributed by atoms with Crippen molar-refractivity contribution in [3.05, 3.63) is 64.7 Å². The molecule has 0 saturated carbocycles. The van der Waals surface area contributed by atoms with E-state index in [9.17, 15) is 13.2 Å². The summed E-state index contributed by atoms with van der Waals surface area (Å²) in [6, 6.07) is 12.1. The third kappa shape index (κ3) is 2.62. The summed E-state index contributed by atoms with van der Waals surface area (Å²) in [5.74, 6) is 0.157. The molecule has 2 aromatic rings. The van der Waals surface area contributed by atoms with Gasteiger partial charge in [0.05, 0.1) is 5.56 Å². The van der Waals surface area contributed by atoms with Gasteiger partial charge in [0, 0.05) is 18.2 Å². The Hall–Kier alpha value is -1.97. The van der Waals surface area contributed by atoms with Gasteiger partial charge in [0.2, 0.25) is 0 Å². The van der Waals surface area contributed by atoms with E-state index in [1.165, 1.54) is 23.3 Å². The zero-order valence-electron chi connectivity index (χ0n) is 11.7. The van der Waals surface area contributed by atoms with Crippen molar-refractivity contribution in [3.8, 4) is 0 Å². The standard InChI is InChI=1S/C17H16F3N/c1-11-4-2-3-5-13(11)14-8-9-21-16-10-12(17(18,19)20)6-7-15(14)16/h2-7,10,14,21H,8-9H2,1H3. The van der Waals surface area contributed by atoms with Crippen LogP contribution in [0.3, 0.4) is 0 Å². The van der Waals surface area contributed by atoms with Crippen molar-refractivity contribution in [2.24, 2.45) is 0 Å². The average molecular weight is 291 g/mol. The quantitative estimate of drug-likeness (QED) is 0.783. The number of rotatable bonds is 1. The van der Waals surface area contributed by atoms with Gasteiger partial charge in [-0.05, 0) is 42.2 Å². The largest absolute Gasteiger partial charge is 0.416 e. The molecule has 2 aromatic carbocycles. The summed E-state index contributed by atoms with van der Waals surface area (Å²) in [5, 5.41) is 3.09. The molecule has 21 heavy (non-hydrogen) atoms. The Labute approximate surface area is 121 Å². The molecule has 0 radical (unpaired) electrons. The predicted octanol–water partition coefficient (Wildman–Crippen LogP) is 4.96. The molecule has 1 aliphatic heterocycles. The smallest absolute Gasteiger partial charge is 0.385 e. The highest BCUT2D eigenvalue weighted by atomic mass is 19.4. The minimum Gasteiger partial charge on any atom is -0.385 e. The van der Waals surface area contributed by atoms with Crippen molar-refractivity contribution in [3.63, 3.8) is 0 Å². The lowest BCUT2D eigenvalue weighted by atomic mass is 9.83. The molecular formula is C17H16F3N. The maximum Gasteiger partial charge on any atom is 0.416 e. The van der Waals surface area contributed by atoms with E-state index in [1.54, 1.807) is 6.07 Å². The maximum absolute atomic E-state index is 12.8. The van der Waals surface area contributed by atoms with E-state index >= 15 is 0 Å². The molecule has 0 aliphatic carbocycles. The molecule has 1 heterocycles. The molecular weight excluding hydrogens is 275 g/mol. The van der Waals surface area contributed by atoms with Crippen molar-refractivity contribution in [1.82, 2.24) is 0 Å². The van der Waals surface area contributed by atoms with Crippen LogP contribution in [-0.2, 0) is 6.18 Å². The van der Waals surface area contributed by atoms with E-state index < -0.39 is 11.7 Å². The van der Waals surface area contributed by atoms with Crippen LogP contribution < -0.4 is 5.32 Å². The molecule has 4 heteroatoms. The Kier molecular flexibility index (Phi) is 3.40. The zero-order chi connectivity index (χ0) is 15.0. The number of hydrogen-bond donors (Lipinski definition) is 1. The number of benzene rings is 2. The van der Waals surface area contributed by atoms with Crippen LogP contribution in [0.2, 0.25) is 0 Å². The fraction of sp³-hybridized carbons (Fsp3) is 0.294. The van der Waals surface area contributed by atoms with Crippen molar-refractivity contribution in [1.29, 1.82) is 0 Å². The van der Waals surface area contributed by atoms with E-state index in [4.69, 9.17) is 0 Å². The molecule has 0 spiro atoms. The van der Waals surface area contributed by atoms with Crippen molar-refractivity contribution >= 4 is 5.69 Å². The SMILES string of the molecule is Cc1ccccc1C1CCNc2cc(C(F)(F)F)ccc21. The minimum atomic E-state index is -4.30.